The van der Waals surface area contributed by atoms with E-state index in [0.29, 0.717) is 34.0 Å². The average molecular weight is 1640 g/mol. The van der Waals surface area contributed by atoms with Crippen LogP contribution < -0.4 is 92.1 Å². The normalized spacial score (nSPS) is 23.7. The van der Waals surface area contributed by atoms with E-state index >= 15 is 14.4 Å². The first kappa shape index (κ1) is 92.7. The molecule has 6 rings (SSSR count). The zero-order valence-electron chi connectivity index (χ0n) is 63.5. The first-order valence-electron chi connectivity index (χ1n) is 37.1. The number of carboxylic acid groups (broad SMARTS) is 1. The molecule has 14 amide bonds. The highest BCUT2D eigenvalue weighted by Gasteiger charge is 2.40. The summed E-state index contributed by atoms with van der Waals surface area (Å²) in [6.07, 6.45) is 0.0614. The number of carbonyl (C=O) groups is 15. The van der Waals surface area contributed by atoms with Crippen LogP contribution in [0.4, 0.5) is 0 Å². The third-order valence-electron chi connectivity index (χ3n) is 18.0. The number of hydrogen-bond donors (Lipinski definition) is 22. The fourth-order valence-corrected chi connectivity index (χ4v) is 14.1. The summed E-state index contributed by atoms with van der Waals surface area (Å²) in [6, 6.07) is 0.950. The van der Waals surface area contributed by atoms with Crippen molar-refractivity contribution in [3.63, 3.8) is 0 Å². The summed E-state index contributed by atoms with van der Waals surface area (Å²) in [5, 5.41) is 75.8. The number of hydrogen-bond acceptors (Lipinski definition) is 25. The third kappa shape index (κ3) is 30.6. The number of unbranched alkanes of at least 4 members (excludes halogenated alkanes) is 2. The van der Waals surface area contributed by atoms with Gasteiger partial charge in [0.2, 0.25) is 82.7 Å². The van der Waals surface area contributed by atoms with Gasteiger partial charge in [-0.05, 0) is 95.1 Å². The molecule has 26 N–H and O–H groups in total. The maximum atomic E-state index is 15.4. The van der Waals surface area contributed by atoms with Crippen molar-refractivity contribution in [3.05, 3.63) is 132 Å². The molecule has 115 heavy (non-hydrogen) atoms. The number of nitrogens with one attached hydrogen (secondary N) is 14. The maximum Gasteiger partial charge on any atom is 0.327 e. The molecule has 0 radical (unpaired) electrons. The summed E-state index contributed by atoms with van der Waals surface area (Å²) in [4.78, 5) is 225. The van der Waals surface area contributed by atoms with Gasteiger partial charge in [0.25, 0.3) is 0 Å². The quantitative estimate of drug-likeness (QED) is 0.0181. The van der Waals surface area contributed by atoms with Gasteiger partial charge in [0.1, 0.15) is 72.5 Å². The van der Waals surface area contributed by atoms with E-state index in [1.807, 2.05) is 0 Å². The van der Waals surface area contributed by atoms with E-state index in [1.165, 1.54) is 25.5 Å². The van der Waals surface area contributed by atoms with Gasteiger partial charge in [-0.3, -0.25) is 77.1 Å². The fourth-order valence-electron chi connectivity index (χ4n) is 11.7. The average Bonchev–Trinajstić information content (AvgIpc) is 1.71. The second-order valence-corrected chi connectivity index (χ2v) is 29.9. The summed E-state index contributed by atoms with van der Waals surface area (Å²) in [6.45, 7) is 1.84. The number of primary amides is 1. The highest BCUT2D eigenvalue weighted by molar-refractivity contribution is 8.76. The molecular formula is C74H102N20O19S2. The van der Waals surface area contributed by atoms with Crippen molar-refractivity contribution in [2.45, 2.75) is 182 Å². The van der Waals surface area contributed by atoms with Gasteiger partial charge < -0.3 is 117 Å². The summed E-state index contributed by atoms with van der Waals surface area (Å²) in [5.41, 5.74) is 25.2. The SMILES string of the molecule is C[C@H](N)C(=O)NCC(=O)N[C@H]1CSSC[C@@H](C(=O)O)NC(=O)[C@H](CO)NC(=O)[C@H]([C@@H](C)O)NC(=O)[C@H](Cc2ccccc2)NC(=O)[C@H]([C@@H](C)O)NC(=O)[C@H](CCCCN)NC(=O)[C@@H](Cc2c[nH]c3ccccc23)NC(=O)[C@H](Cc2ccccc2)NC(=O)[C@H](Cc2cnccn2)NC(=O)[C@H](CC(N)=O)NC(=O)[C@H](CCCCN)NC1=O. The molecule has 41 heteroatoms. The number of aromatic nitrogens is 3. The number of amides is 14. The van der Waals surface area contributed by atoms with E-state index in [0.717, 1.165) is 35.4 Å². The van der Waals surface area contributed by atoms with Gasteiger partial charge in [-0.25, -0.2) is 4.79 Å². The molecule has 2 aromatic heterocycles. The Morgan fingerprint density at radius 3 is 1.47 bits per heavy atom. The maximum absolute atomic E-state index is 15.4. The van der Waals surface area contributed by atoms with E-state index < -0.39 is 217 Å². The second kappa shape index (κ2) is 47.5. The molecule has 0 saturated carbocycles. The molecule has 15 atom stereocenters. The number of aromatic amines is 1. The molecule has 624 valence electrons. The molecule has 3 aromatic carbocycles. The van der Waals surface area contributed by atoms with Crippen molar-refractivity contribution >= 4 is 121 Å². The molecule has 0 aliphatic carbocycles. The van der Waals surface area contributed by atoms with Crippen LogP contribution in [0.3, 0.4) is 0 Å². The van der Waals surface area contributed by atoms with Crippen molar-refractivity contribution in [1.82, 2.24) is 84.1 Å². The first-order chi connectivity index (χ1) is 54.9. The molecule has 0 bridgehead atoms. The Kier molecular flexibility index (Phi) is 38.2. The van der Waals surface area contributed by atoms with Crippen LogP contribution in [-0.2, 0) is 97.6 Å². The van der Waals surface area contributed by atoms with Crippen LogP contribution in [0.2, 0.25) is 0 Å². The Morgan fingerprint density at radius 1 is 0.522 bits per heavy atom. The topological polar surface area (TPSA) is 639 Å². The zero-order chi connectivity index (χ0) is 84.3. The number of nitrogens with zero attached hydrogens (tertiary/aromatic N) is 2. The summed E-state index contributed by atoms with van der Waals surface area (Å²) >= 11 is 0. The van der Waals surface area contributed by atoms with Gasteiger partial charge in [0.15, 0.2) is 0 Å². The molecular weight excluding hydrogens is 1540 g/mol. The summed E-state index contributed by atoms with van der Waals surface area (Å²) in [5.74, 6) is -18.0. The van der Waals surface area contributed by atoms with Crippen LogP contribution in [0.5, 0.6) is 0 Å². The van der Waals surface area contributed by atoms with Crippen LogP contribution in [0.1, 0.15) is 88.1 Å². The van der Waals surface area contributed by atoms with E-state index in [2.05, 4.69) is 84.1 Å². The number of benzene rings is 3. The zero-order valence-corrected chi connectivity index (χ0v) is 65.1. The van der Waals surface area contributed by atoms with Crippen LogP contribution in [0, 0.1) is 0 Å². The number of carboxylic acids is 1. The minimum atomic E-state index is -1.99. The highest BCUT2D eigenvalue weighted by Crippen LogP contribution is 2.24. The van der Waals surface area contributed by atoms with E-state index in [1.54, 1.807) is 91.1 Å². The van der Waals surface area contributed by atoms with Crippen LogP contribution in [-0.4, -0.2) is 253 Å². The fraction of sp³-hybridized carbons (Fsp3) is 0.473. The molecule has 0 spiro atoms. The molecule has 1 saturated heterocycles. The molecule has 39 nitrogen and oxygen atoms in total. The highest BCUT2D eigenvalue weighted by atomic mass is 33.1. The number of fused-ring (bicyclic) bond motifs is 1. The molecule has 1 fully saturated rings. The number of H-pyrrole nitrogens is 1. The van der Waals surface area contributed by atoms with Crippen molar-refractivity contribution in [3.8, 4) is 0 Å². The Hall–Kier alpha value is -11.2. The van der Waals surface area contributed by atoms with Crippen molar-refractivity contribution in [1.29, 1.82) is 0 Å². The number of rotatable bonds is 26. The van der Waals surface area contributed by atoms with E-state index in [-0.39, 0.29) is 70.2 Å². The number of para-hydroxylation sites is 1. The first-order valence-corrected chi connectivity index (χ1v) is 39.6. The smallest absolute Gasteiger partial charge is 0.327 e. The van der Waals surface area contributed by atoms with Crippen LogP contribution >= 0.6 is 21.6 Å². The predicted molar refractivity (Wildman–Crippen MR) is 420 cm³/mol. The van der Waals surface area contributed by atoms with Crippen molar-refractivity contribution < 1.29 is 92.3 Å². The lowest BCUT2D eigenvalue weighted by molar-refractivity contribution is -0.142. The van der Waals surface area contributed by atoms with Crippen LogP contribution in [0.15, 0.2) is 110 Å². The standard InChI is InChI=1S/C74H102N20O19S2/c1-39(77)62(100)82-35-59(99)83-56-37-114-115-38-57(74(112)113)92-70(108)55(36-95)91-73(111)61(41(3)97)94-69(107)51(29-43-18-8-5-9-19-43)90-72(110)60(40(2)96)93-64(102)49(23-13-15-25-76)84-66(104)52(30-44-33-81-47-21-11-10-20-46(44)47)87-65(103)50(28-42-16-6-4-7-17-42)86-67(105)53(31-45-34-79-26-27-80-45)88-68(106)54(32-58(78)98)89-63(101)48(85-71(56)109)22-12-14-24-75/h4-11,16-21,26-27,33-34,39-41,48-57,60-61,81,95-97H,12-15,22-25,28-32,35-38,75-77H2,1-3H3,(H2,78,98)(H,82,100)(H,83,99)(H,84,104)(H,85,109)(H,86,105)(H,87,103)(H,88,106)(H,89,101)(H,90,110)(H,91,111)(H,92,108)(H,93,102)(H,94,107)(H,112,113)/t39-,40+,41+,48-,49-,50-,51-,52+,53-,54-,55-,56-,57-,60-,61-/m0/s1. The molecule has 5 aromatic rings. The number of aliphatic carboxylic acids is 1. The van der Waals surface area contributed by atoms with Gasteiger partial charge in [0.05, 0.1) is 43.5 Å². The van der Waals surface area contributed by atoms with Gasteiger partial charge in [-0.1, -0.05) is 100 Å². The molecule has 0 unspecified atom stereocenters. The Bertz CT molecular complexity index is 4130. The third-order valence-corrected chi connectivity index (χ3v) is 20.4. The molecule has 1 aliphatic rings. The monoisotopic (exact) mass is 1640 g/mol. The minimum Gasteiger partial charge on any atom is -0.480 e. The number of aliphatic hydroxyl groups excluding tert-OH is 3. The summed E-state index contributed by atoms with van der Waals surface area (Å²) < 4.78 is 0. The van der Waals surface area contributed by atoms with E-state index in [4.69, 9.17) is 22.9 Å². The number of carbonyl (C=O) groups excluding carboxylic acids is 14. The number of aliphatic hydroxyl groups is 3. The minimum absolute atomic E-state index is 0.0943. The molecule has 1 aliphatic heterocycles. The Balaban J connectivity index is 1.47. The Morgan fingerprint density at radius 2 is 0.965 bits per heavy atom. The summed E-state index contributed by atoms with van der Waals surface area (Å²) in [7, 11) is 1.48. The van der Waals surface area contributed by atoms with Gasteiger partial charge in [-0.15, -0.1) is 0 Å². The lowest BCUT2D eigenvalue weighted by Crippen LogP contribution is -2.63. The second-order valence-electron chi connectivity index (χ2n) is 27.3. The van der Waals surface area contributed by atoms with Crippen molar-refractivity contribution in [2.75, 3.05) is 37.7 Å². The lowest BCUT2D eigenvalue weighted by Gasteiger charge is -2.29. The lowest BCUT2D eigenvalue weighted by atomic mass is 10.0. The van der Waals surface area contributed by atoms with Gasteiger partial charge in [0, 0.05) is 72.9 Å². The largest absolute Gasteiger partial charge is 0.480 e. The number of nitrogens with two attached hydrogens (primary N) is 4. The van der Waals surface area contributed by atoms with E-state index in [9.17, 15) is 78.0 Å². The predicted octanol–water partition coefficient (Wildman–Crippen LogP) is -6.12. The Labute approximate surface area is 669 Å². The van der Waals surface area contributed by atoms with Crippen LogP contribution in [0.25, 0.3) is 10.9 Å². The molecule has 3 heterocycles. The van der Waals surface area contributed by atoms with Gasteiger partial charge >= 0.3 is 5.97 Å². The van der Waals surface area contributed by atoms with Crippen molar-refractivity contribution in [2.24, 2.45) is 22.9 Å². The van der Waals surface area contributed by atoms with Gasteiger partial charge in [-0.2, -0.15) is 0 Å².